The minimum atomic E-state index is 0.181. The molecule has 1 atom stereocenters. The molecule has 0 fully saturated rings. The number of benzene rings is 1. The van der Waals surface area contributed by atoms with Crippen molar-refractivity contribution in [3.8, 4) is 0 Å². The summed E-state index contributed by atoms with van der Waals surface area (Å²) in [6.45, 7) is 4.30. The van der Waals surface area contributed by atoms with Crippen molar-refractivity contribution in [1.29, 1.82) is 0 Å². The summed E-state index contributed by atoms with van der Waals surface area (Å²) in [7, 11) is 0. The lowest BCUT2D eigenvalue weighted by Gasteiger charge is -2.12. The number of aryl methyl sites for hydroxylation is 2. The van der Waals surface area contributed by atoms with Gasteiger partial charge in [-0.25, -0.2) is 4.98 Å². The Hall–Kier alpha value is -0.900. The molecular formula is C15H18ClNOS. The Morgan fingerprint density at radius 1 is 1.21 bits per heavy atom. The van der Waals surface area contributed by atoms with Gasteiger partial charge in [-0.15, -0.1) is 11.3 Å². The van der Waals surface area contributed by atoms with Gasteiger partial charge in [0.05, 0.1) is 10.7 Å². The Bertz CT molecular complexity index is 516. The molecule has 0 spiro atoms. The van der Waals surface area contributed by atoms with E-state index in [1.54, 1.807) is 11.3 Å². The molecule has 1 heterocycles. The maximum absolute atomic E-state index is 9.53. The Morgan fingerprint density at radius 3 is 2.42 bits per heavy atom. The molecule has 1 unspecified atom stereocenters. The second-order valence-corrected chi connectivity index (χ2v) is 6.56. The number of halogens is 1. The first-order valence-electron chi connectivity index (χ1n) is 6.36. The van der Waals surface area contributed by atoms with E-state index in [1.807, 2.05) is 31.2 Å². The molecule has 0 amide bonds. The number of hydrogen-bond acceptors (Lipinski definition) is 3. The largest absolute Gasteiger partial charge is 0.396 e. The molecule has 2 nitrogen and oxygen atoms in total. The van der Waals surface area contributed by atoms with Gasteiger partial charge in [-0.2, -0.15) is 0 Å². The average Bonchev–Trinajstić information content (AvgIpc) is 2.70. The standard InChI is InChI=1S/C15H18ClNOS/c1-10-11(2)19-15(17-10)8-13(9-18)7-12-3-5-14(16)6-4-12/h3-6,13,18H,7-9H2,1-2H3. The van der Waals surface area contributed by atoms with Crippen molar-refractivity contribution in [3.63, 3.8) is 0 Å². The van der Waals surface area contributed by atoms with E-state index < -0.39 is 0 Å². The first-order valence-corrected chi connectivity index (χ1v) is 7.56. The van der Waals surface area contributed by atoms with E-state index in [0.29, 0.717) is 0 Å². The predicted octanol–water partition coefficient (Wildman–Crippen LogP) is 3.81. The molecule has 0 radical (unpaired) electrons. The molecule has 1 aromatic carbocycles. The molecule has 4 heteroatoms. The fraction of sp³-hybridized carbons (Fsp3) is 0.400. The van der Waals surface area contributed by atoms with Crippen molar-refractivity contribution in [1.82, 2.24) is 4.98 Å². The lowest BCUT2D eigenvalue weighted by atomic mass is 9.97. The lowest BCUT2D eigenvalue weighted by molar-refractivity contribution is 0.225. The minimum absolute atomic E-state index is 0.181. The van der Waals surface area contributed by atoms with Gasteiger partial charge >= 0.3 is 0 Å². The van der Waals surface area contributed by atoms with E-state index in [4.69, 9.17) is 11.6 Å². The SMILES string of the molecule is Cc1nc(CC(CO)Cc2ccc(Cl)cc2)sc1C. The monoisotopic (exact) mass is 295 g/mol. The van der Waals surface area contributed by atoms with Crippen LogP contribution < -0.4 is 0 Å². The molecule has 1 aromatic heterocycles. The molecule has 102 valence electrons. The normalized spacial score (nSPS) is 12.6. The van der Waals surface area contributed by atoms with E-state index in [9.17, 15) is 5.11 Å². The zero-order chi connectivity index (χ0) is 13.8. The Balaban J connectivity index is 2.02. The summed E-state index contributed by atoms with van der Waals surface area (Å²) in [4.78, 5) is 5.80. The van der Waals surface area contributed by atoms with Crippen LogP contribution in [0, 0.1) is 19.8 Å². The third-order valence-corrected chi connectivity index (χ3v) is 4.58. The summed E-state index contributed by atoms with van der Waals surface area (Å²) in [6, 6.07) is 7.82. The lowest BCUT2D eigenvalue weighted by Crippen LogP contribution is -2.12. The molecule has 1 N–H and O–H groups in total. The van der Waals surface area contributed by atoms with E-state index in [1.165, 1.54) is 10.4 Å². The third-order valence-electron chi connectivity index (χ3n) is 3.23. The molecule has 2 aromatic rings. The van der Waals surface area contributed by atoms with Crippen molar-refractivity contribution in [2.45, 2.75) is 26.7 Å². The minimum Gasteiger partial charge on any atom is -0.396 e. The zero-order valence-electron chi connectivity index (χ0n) is 11.2. The summed E-state index contributed by atoms with van der Waals surface area (Å²) in [5, 5.41) is 11.4. The smallest absolute Gasteiger partial charge is 0.0934 e. The van der Waals surface area contributed by atoms with Crippen LogP contribution in [-0.4, -0.2) is 16.7 Å². The second-order valence-electron chi connectivity index (χ2n) is 4.83. The highest BCUT2D eigenvalue weighted by Crippen LogP contribution is 2.22. The highest BCUT2D eigenvalue weighted by atomic mass is 35.5. The number of hydrogen-bond donors (Lipinski definition) is 1. The van der Waals surface area contributed by atoms with Crippen molar-refractivity contribution >= 4 is 22.9 Å². The molecule has 0 saturated carbocycles. The fourth-order valence-electron chi connectivity index (χ4n) is 2.03. The number of aliphatic hydroxyl groups is 1. The summed E-state index contributed by atoms with van der Waals surface area (Å²) in [5.41, 5.74) is 2.30. The molecule has 0 aliphatic rings. The summed E-state index contributed by atoms with van der Waals surface area (Å²) >= 11 is 7.60. The van der Waals surface area contributed by atoms with Crippen LogP contribution in [0.25, 0.3) is 0 Å². The van der Waals surface area contributed by atoms with Gasteiger partial charge in [-0.05, 0) is 43.9 Å². The van der Waals surface area contributed by atoms with E-state index in [-0.39, 0.29) is 12.5 Å². The van der Waals surface area contributed by atoms with Gasteiger partial charge in [0.15, 0.2) is 0 Å². The highest BCUT2D eigenvalue weighted by molar-refractivity contribution is 7.11. The second kappa shape index (κ2) is 6.51. The third kappa shape index (κ3) is 4.03. The van der Waals surface area contributed by atoms with Gasteiger partial charge in [0, 0.05) is 22.9 Å². The van der Waals surface area contributed by atoms with Crippen molar-refractivity contribution in [2.75, 3.05) is 6.61 Å². The summed E-state index contributed by atoms with van der Waals surface area (Å²) in [5.74, 6) is 0.214. The van der Waals surface area contributed by atoms with E-state index in [2.05, 4.69) is 11.9 Å². The van der Waals surface area contributed by atoms with Crippen LogP contribution in [0.2, 0.25) is 5.02 Å². The molecule has 0 aliphatic carbocycles. The number of aromatic nitrogens is 1. The summed E-state index contributed by atoms with van der Waals surface area (Å²) in [6.07, 6.45) is 1.68. The topological polar surface area (TPSA) is 33.1 Å². The van der Waals surface area contributed by atoms with Gasteiger partial charge in [-0.3, -0.25) is 0 Å². The van der Waals surface area contributed by atoms with Crippen LogP contribution in [0.3, 0.4) is 0 Å². The number of nitrogens with zero attached hydrogens (tertiary/aromatic N) is 1. The van der Waals surface area contributed by atoms with Gasteiger partial charge in [0.2, 0.25) is 0 Å². The van der Waals surface area contributed by atoms with Gasteiger partial charge in [-0.1, -0.05) is 23.7 Å². The van der Waals surface area contributed by atoms with Crippen LogP contribution in [0.5, 0.6) is 0 Å². The predicted molar refractivity (Wildman–Crippen MR) is 81.0 cm³/mol. The van der Waals surface area contributed by atoms with Crippen molar-refractivity contribution < 1.29 is 5.11 Å². The zero-order valence-corrected chi connectivity index (χ0v) is 12.8. The van der Waals surface area contributed by atoms with Gasteiger partial charge in [0.25, 0.3) is 0 Å². The maximum Gasteiger partial charge on any atom is 0.0934 e. The fourth-order valence-corrected chi connectivity index (χ4v) is 3.20. The van der Waals surface area contributed by atoms with Crippen LogP contribution >= 0.6 is 22.9 Å². The van der Waals surface area contributed by atoms with Crippen LogP contribution in [0.1, 0.15) is 21.1 Å². The van der Waals surface area contributed by atoms with Gasteiger partial charge in [0.1, 0.15) is 0 Å². The van der Waals surface area contributed by atoms with E-state index >= 15 is 0 Å². The highest BCUT2D eigenvalue weighted by Gasteiger charge is 2.13. The van der Waals surface area contributed by atoms with Crippen LogP contribution in [-0.2, 0) is 12.8 Å². The summed E-state index contributed by atoms with van der Waals surface area (Å²) < 4.78 is 0. The maximum atomic E-state index is 9.53. The quantitative estimate of drug-likeness (QED) is 0.910. The van der Waals surface area contributed by atoms with Crippen molar-refractivity contribution in [3.05, 3.63) is 50.4 Å². The number of aliphatic hydroxyl groups excluding tert-OH is 1. The first-order chi connectivity index (χ1) is 9.08. The Labute approximate surface area is 123 Å². The molecule has 0 bridgehead atoms. The number of rotatable bonds is 5. The Kier molecular flexibility index (Phi) is 4.97. The van der Waals surface area contributed by atoms with Crippen LogP contribution in [0.15, 0.2) is 24.3 Å². The number of thiazole rings is 1. The molecule has 19 heavy (non-hydrogen) atoms. The molecule has 2 rings (SSSR count). The van der Waals surface area contributed by atoms with E-state index in [0.717, 1.165) is 28.6 Å². The van der Waals surface area contributed by atoms with Crippen molar-refractivity contribution in [2.24, 2.45) is 5.92 Å². The average molecular weight is 296 g/mol. The Morgan fingerprint density at radius 2 is 1.89 bits per heavy atom. The molecule has 0 aliphatic heterocycles. The first kappa shape index (κ1) is 14.5. The van der Waals surface area contributed by atoms with Gasteiger partial charge < -0.3 is 5.11 Å². The molecule has 0 saturated heterocycles. The van der Waals surface area contributed by atoms with Crippen LogP contribution in [0.4, 0.5) is 0 Å². The molecular weight excluding hydrogens is 278 g/mol.